The molecule has 7 heteroatoms. The zero-order valence-electron chi connectivity index (χ0n) is 8.80. The Morgan fingerprint density at radius 3 is 2.56 bits per heavy atom. The van der Waals surface area contributed by atoms with E-state index in [1.807, 2.05) is 0 Å². The van der Waals surface area contributed by atoms with E-state index in [9.17, 15) is 9.18 Å². The molecular formula is C11H6BrFN2O3. The molecule has 0 aliphatic rings. The van der Waals surface area contributed by atoms with Crippen LogP contribution in [0.25, 0.3) is 0 Å². The standard InChI is InChI=1S/C11H6BrFN2O3/c12-8-2-1-7(3-9(8)13)18-11-14-4-6(5-15-11)10(16)17/h1-5H,(H,16,17). The van der Waals surface area contributed by atoms with Crippen molar-refractivity contribution in [3.05, 3.63) is 46.4 Å². The minimum atomic E-state index is -1.13. The predicted octanol–water partition coefficient (Wildman–Crippen LogP) is 2.87. The molecule has 1 aromatic heterocycles. The summed E-state index contributed by atoms with van der Waals surface area (Å²) in [5, 5.41) is 8.66. The lowest BCUT2D eigenvalue weighted by molar-refractivity contribution is 0.0696. The van der Waals surface area contributed by atoms with Crippen LogP contribution in [0.5, 0.6) is 11.8 Å². The van der Waals surface area contributed by atoms with E-state index in [-0.39, 0.29) is 17.3 Å². The lowest BCUT2D eigenvalue weighted by Gasteiger charge is -2.04. The number of rotatable bonds is 3. The van der Waals surface area contributed by atoms with E-state index in [1.54, 1.807) is 0 Å². The summed E-state index contributed by atoms with van der Waals surface area (Å²) < 4.78 is 18.7. The van der Waals surface area contributed by atoms with Gasteiger partial charge in [0.25, 0.3) is 0 Å². The normalized spacial score (nSPS) is 10.1. The number of nitrogens with zero attached hydrogens (tertiary/aromatic N) is 2. The second kappa shape index (κ2) is 5.09. The highest BCUT2D eigenvalue weighted by Crippen LogP contribution is 2.23. The first-order valence-corrected chi connectivity index (χ1v) is 5.54. The Labute approximate surface area is 109 Å². The number of carboxylic acid groups (broad SMARTS) is 1. The molecule has 0 amide bonds. The molecule has 5 nitrogen and oxygen atoms in total. The summed E-state index contributed by atoms with van der Waals surface area (Å²) >= 11 is 3.01. The first kappa shape index (κ1) is 12.4. The van der Waals surface area contributed by atoms with Crippen LogP contribution in [0.2, 0.25) is 0 Å². The number of carboxylic acids is 1. The van der Waals surface area contributed by atoms with Crippen molar-refractivity contribution in [3.63, 3.8) is 0 Å². The molecule has 0 saturated heterocycles. The van der Waals surface area contributed by atoms with Gasteiger partial charge < -0.3 is 9.84 Å². The molecule has 2 aromatic rings. The van der Waals surface area contributed by atoms with Crippen LogP contribution < -0.4 is 4.74 Å². The molecule has 1 aromatic carbocycles. The Morgan fingerprint density at radius 2 is 2.00 bits per heavy atom. The van der Waals surface area contributed by atoms with Crippen LogP contribution in [0.4, 0.5) is 4.39 Å². The summed E-state index contributed by atoms with van der Waals surface area (Å²) in [5.41, 5.74) is -0.0515. The van der Waals surface area contributed by atoms with Gasteiger partial charge in [0, 0.05) is 18.5 Å². The highest BCUT2D eigenvalue weighted by atomic mass is 79.9. The van der Waals surface area contributed by atoms with Crippen molar-refractivity contribution in [2.24, 2.45) is 0 Å². The van der Waals surface area contributed by atoms with Crippen LogP contribution in [0.3, 0.4) is 0 Å². The lowest BCUT2D eigenvalue weighted by Crippen LogP contribution is -1.99. The maximum atomic E-state index is 13.2. The van der Waals surface area contributed by atoms with Crippen LogP contribution in [-0.4, -0.2) is 21.0 Å². The van der Waals surface area contributed by atoms with Gasteiger partial charge in [0.2, 0.25) is 0 Å². The van der Waals surface area contributed by atoms with E-state index >= 15 is 0 Å². The smallest absolute Gasteiger partial charge is 0.338 e. The minimum absolute atomic E-state index is 0.0515. The third-order valence-corrected chi connectivity index (χ3v) is 2.62. The van der Waals surface area contributed by atoms with Crippen molar-refractivity contribution < 1.29 is 19.0 Å². The Balaban J connectivity index is 2.18. The highest BCUT2D eigenvalue weighted by Gasteiger charge is 2.07. The van der Waals surface area contributed by atoms with Gasteiger partial charge in [-0.05, 0) is 28.1 Å². The molecule has 1 heterocycles. The van der Waals surface area contributed by atoms with Gasteiger partial charge in [-0.1, -0.05) is 0 Å². The minimum Gasteiger partial charge on any atom is -0.478 e. The summed E-state index contributed by atoms with van der Waals surface area (Å²) in [7, 11) is 0. The molecule has 0 radical (unpaired) electrons. The number of ether oxygens (including phenoxy) is 1. The first-order chi connectivity index (χ1) is 8.56. The zero-order valence-corrected chi connectivity index (χ0v) is 10.4. The Kier molecular flexibility index (Phi) is 3.52. The van der Waals surface area contributed by atoms with Crippen LogP contribution in [0.1, 0.15) is 10.4 Å². The number of benzene rings is 1. The fourth-order valence-electron chi connectivity index (χ4n) is 1.13. The Hall–Kier alpha value is -2.02. The monoisotopic (exact) mass is 312 g/mol. The number of carbonyl (C=O) groups is 1. The van der Waals surface area contributed by atoms with E-state index in [2.05, 4.69) is 25.9 Å². The van der Waals surface area contributed by atoms with Gasteiger partial charge in [-0.15, -0.1) is 0 Å². The number of hydrogen-bond acceptors (Lipinski definition) is 4. The number of aromatic carboxylic acids is 1. The summed E-state index contributed by atoms with van der Waals surface area (Å²) in [6.07, 6.45) is 2.22. The molecule has 0 bridgehead atoms. The average Bonchev–Trinajstić information content (AvgIpc) is 2.34. The molecule has 92 valence electrons. The Morgan fingerprint density at radius 1 is 1.33 bits per heavy atom. The maximum absolute atomic E-state index is 13.2. The quantitative estimate of drug-likeness (QED) is 0.943. The molecule has 1 N–H and O–H groups in total. The van der Waals surface area contributed by atoms with Crippen LogP contribution >= 0.6 is 15.9 Å². The van der Waals surface area contributed by atoms with E-state index in [1.165, 1.54) is 18.2 Å². The second-order valence-corrected chi connectivity index (χ2v) is 4.09. The van der Waals surface area contributed by atoms with Crippen LogP contribution in [0, 0.1) is 5.82 Å². The number of aromatic nitrogens is 2. The largest absolute Gasteiger partial charge is 0.478 e. The van der Waals surface area contributed by atoms with Crippen molar-refractivity contribution in [3.8, 4) is 11.8 Å². The summed E-state index contributed by atoms with van der Waals surface area (Å²) in [6.45, 7) is 0. The molecular weight excluding hydrogens is 307 g/mol. The molecule has 2 rings (SSSR count). The molecule has 0 aliphatic carbocycles. The average molecular weight is 313 g/mol. The van der Waals surface area contributed by atoms with E-state index in [0.29, 0.717) is 4.47 Å². The van der Waals surface area contributed by atoms with E-state index < -0.39 is 11.8 Å². The summed E-state index contributed by atoms with van der Waals surface area (Å²) in [6, 6.07) is 4.12. The lowest BCUT2D eigenvalue weighted by atomic mass is 10.3. The van der Waals surface area contributed by atoms with E-state index in [0.717, 1.165) is 12.4 Å². The van der Waals surface area contributed by atoms with Gasteiger partial charge in [0.15, 0.2) is 0 Å². The van der Waals surface area contributed by atoms with Gasteiger partial charge in [0.05, 0.1) is 10.0 Å². The number of hydrogen-bond donors (Lipinski definition) is 1. The predicted molar refractivity (Wildman–Crippen MR) is 63.2 cm³/mol. The second-order valence-electron chi connectivity index (χ2n) is 3.24. The highest BCUT2D eigenvalue weighted by molar-refractivity contribution is 9.10. The zero-order chi connectivity index (χ0) is 13.1. The SMILES string of the molecule is O=C(O)c1cnc(Oc2ccc(Br)c(F)c2)nc1. The maximum Gasteiger partial charge on any atom is 0.338 e. The summed E-state index contributed by atoms with van der Waals surface area (Å²) in [5.74, 6) is -1.38. The van der Waals surface area contributed by atoms with Crippen LogP contribution in [-0.2, 0) is 0 Å². The van der Waals surface area contributed by atoms with Gasteiger partial charge in [0.1, 0.15) is 11.6 Å². The van der Waals surface area contributed by atoms with Crippen molar-refractivity contribution in [1.29, 1.82) is 0 Å². The number of halogens is 2. The molecule has 0 spiro atoms. The van der Waals surface area contributed by atoms with Gasteiger partial charge in [-0.25, -0.2) is 19.2 Å². The molecule has 0 aliphatic heterocycles. The molecule has 0 fully saturated rings. The van der Waals surface area contributed by atoms with Crippen molar-refractivity contribution >= 4 is 21.9 Å². The van der Waals surface area contributed by atoms with Crippen molar-refractivity contribution in [1.82, 2.24) is 9.97 Å². The van der Waals surface area contributed by atoms with Crippen molar-refractivity contribution in [2.45, 2.75) is 0 Å². The molecule has 0 atom stereocenters. The molecule has 0 saturated carbocycles. The van der Waals surface area contributed by atoms with Crippen LogP contribution in [0.15, 0.2) is 35.1 Å². The van der Waals surface area contributed by atoms with Gasteiger partial charge in [-0.2, -0.15) is 0 Å². The topological polar surface area (TPSA) is 72.3 Å². The third kappa shape index (κ3) is 2.80. The molecule has 18 heavy (non-hydrogen) atoms. The van der Waals surface area contributed by atoms with E-state index in [4.69, 9.17) is 9.84 Å². The Bertz CT molecular complexity index is 589. The molecule has 0 unspecified atom stereocenters. The van der Waals surface area contributed by atoms with Gasteiger partial charge >= 0.3 is 12.0 Å². The van der Waals surface area contributed by atoms with Gasteiger partial charge in [-0.3, -0.25) is 0 Å². The fraction of sp³-hybridized carbons (Fsp3) is 0. The first-order valence-electron chi connectivity index (χ1n) is 4.74. The van der Waals surface area contributed by atoms with Crippen molar-refractivity contribution in [2.75, 3.05) is 0 Å². The fourth-order valence-corrected chi connectivity index (χ4v) is 1.37. The third-order valence-electron chi connectivity index (χ3n) is 1.98. The summed E-state index contributed by atoms with van der Waals surface area (Å²) in [4.78, 5) is 18.0.